The highest BCUT2D eigenvalue weighted by atomic mass is 16.5. The molecule has 176 valence electrons. The standard InChI is InChI=1S/C25H30N2O6/c1-16(2)26-23(31)21(13-17-6-5-7-20(12-17)33-14-22(29)30)27(24(26)32)19-10-8-18(9-11-19)25(3,4)15-28/h5-12,16,28,31H,13-15H2,1-4H3,(H,29,30). The van der Waals surface area contributed by atoms with Crippen molar-refractivity contribution in [3.63, 3.8) is 0 Å². The highest BCUT2D eigenvalue weighted by Crippen LogP contribution is 2.28. The lowest BCUT2D eigenvalue weighted by molar-refractivity contribution is -0.139. The Morgan fingerprint density at radius 2 is 1.79 bits per heavy atom. The number of carboxylic acid groups (broad SMARTS) is 1. The van der Waals surface area contributed by atoms with E-state index in [-0.39, 0.29) is 30.6 Å². The van der Waals surface area contributed by atoms with E-state index in [0.29, 0.717) is 17.1 Å². The number of hydrogen-bond acceptors (Lipinski definition) is 5. The predicted molar refractivity (Wildman–Crippen MR) is 125 cm³/mol. The van der Waals surface area contributed by atoms with Crippen molar-refractivity contribution in [2.24, 2.45) is 0 Å². The van der Waals surface area contributed by atoms with Crippen LogP contribution in [0.1, 0.15) is 50.6 Å². The summed E-state index contributed by atoms with van der Waals surface area (Å²) in [5, 5.41) is 29.4. The number of benzene rings is 2. The van der Waals surface area contributed by atoms with Gasteiger partial charge in [0.25, 0.3) is 0 Å². The van der Waals surface area contributed by atoms with Crippen molar-refractivity contribution in [3.8, 4) is 17.3 Å². The van der Waals surface area contributed by atoms with E-state index in [1.54, 1.807) is 30.3 Å². The minimum absolute atomic E-state index is 0.0116. The van der Waals surface area contributed by atoms with E-state index in [1.807, 2.05) is 45.9 Å². The zero-order chi connectivity index (χ0) is 24.3. The van der Waals surface area contributed by atoms with Gasteiger partial charge in [-0.05, 0) is 49.2 Å². The maximum Gasteiger partial charge on any atom is 0.341 e. The van der Waals surface area contributed by atoms with E-state index in [0.717, 1.165) is 11.1 Å². The number of carbonyl (C=O) groups is 1. The molecule has 0 bridgehead atoms. The topological polar surface area (TPSA) is 114 Å². The molecule has 0 saturated carbocycles. The molecule has 0 aliphatic carbocycles. The van der Waals surface area contributed by atoms with Gasteiger partial charge in [-0.25, -0.2) is 9.59 Å². The SMILES string of the molecule is CC(C)n1c(O)c(Cc2cccc(OCC(=O)O)c2)n(-c2ccc(C(C)(C)CO)cc2)c1=O. The van der Waals surface area contributed by atoms with Crippen LogP contribution in [0.3, 0.4) is 0 Å². The summed E-state index contributed by atoms with van der Waals surface area (Å²) in [5.74, 6) is -0.803. The van der Waals surface area contributed by atoms with Crippen molar-refractivity contribution in [2.45, 2.75) is 45.6 Å². The monoisotopic (exact) mass is 454 g/mol. The fraction of sp³-hybridized carbons (Fsp3) is 0.360. The number of aliphatic hydroxyl groups is 1. The number of aromatic hydroxyl groups is 1. The molecule has 0 atom stereocenters. The molecule has 0 radical (unpaired) electrons. The molecule has 8 heteroatoms. The molecule has 1 heterocycles. The third-order valence-corrected chi connectivity index (χ3v) is 5.60. The van der Waals surface area contributed by atoms with E-state index in [1.165, 1.54) is 9.13 Å². The van der Waals surface area contributed by atoms with Gasteiger partial charge >= 0.3 is 11.7 Å². The Morgan fingerprint density at radius 1 is 1.12 bits per heavy atom. The van der Waals surface area contributed by atoms with Crippen LogP contribution in [0.2, 0.25) is 0 Å². The highest BCUT2D eigenvalue weighted by Gasteiger charge is 2.24. The Morgan fingerprint density at radius 3 is 2.36 bits per heavy atom. The van der Waals surface area contributed by atoms with Crippen LogP contribution in [-0.2, 0) is 16.6 Å². The Kier molecular flexibility index (Phi) is 6.98. The number of aliphatic carboxylic acids is 1. The second kappa shape index (κ2) is 9.54. The summed E-state index contributed by atoms with van der Waals surface area (Å²) in [6.45, 7) is 7.03. The third-order valence-electron chi connectivity index (χ3n) is 5.60. The lowest BCUT2D eigenvalue weighted by Crippen LogP contribution is -2.25. The van der Waals surface area contributed by atoms with Gasteiger partial charge in [0.1, 0.15) is 5.75 Å². The predicted octanol–water partition coefficient (Wildman–Crippen LogP) is 3.25. The number of nitrogens with zero attached hydrogens (tertiary/aromatic N) is 2. The number of hydrogen-bond donors (Lipinski definition) is 3. The molecule has 0 aliphatic heterocycles. The fourth-order valence-electron chi connectivity index (χ4n) is 3.68. The molecule has 33 heavy (non-hydrogen) atoms. The number of aromatic nitrogens is 2. The molecular weight excluding hydrogens is 424 g/mol. The molecule has 8 nitrogen and oxygen atoms in total. The fourth-order valence-corrected chi connectivity index (χ4v) is 3.68. The van der Waals surface area contributed by atoms with E-state index in [4.69, 9.17) is 9.84 Å². The van der Waals surface area contributed by atoms with Gasteiger partial charge in [-0.3, -0.25) is 9.13 Å². The number of rotatable bonds is 9. The second-order valence-electron chi connectivity index (χ2n) is 8.95. The van der Waals surface area contributed by atoms with Crippen molar-refractivity contribution >= 4 is 5.97 Å². The molecule has 3 rings (SSSR count). The van der Waals surface area contributed by atoms with Gasteiger partial charge in [0.05, 0.1) is 18.0 Å². The number of carboxylic acids is 1. The second-order valence-corrected chi connectivity index (χ2v) is 8.95. The van der Waals surface area contributed by atoms with Crippen LogP contribution in [0.25, 0.3) is 5.69 Å². The first-order chi connectivity index (χ1) is 15.5. The van der Waals surface area contributed by atoms with E-state index >= 15 is 0 Å². The van der Waals surface area contributed by atoms with Crippen molar-refractivity contribution in [3.05, 3.63) is 75.8 Å². The van der Waals surface area contributed by atoms with Gasteiger partial charge < -0.3 is 20.1 Å². The van der Waals surface area contributed by atoms with Gasteiger partial charge in [0, 0.05) is 17.9 Å². The summed E-state index contributed by atoms with van der Waals surface area (Å²) < 4.78 is 8.08. The molecule has 1 aromatic heterocycles. The zero-order valence-corrected chi connectivity index (χ0v) is 19.3. The van der Waals surface area contributed by atoms with Crippen molar-refractivity contribution < 1.29 is 24.9 Å². The normalized spacial score (nSPS) is 11.7. The van der Waals surface area contributed by atoms with E-state index in [9.17, 15) is 19.8 Å². The summed E-state index contributed by atoms with van der Waals surface area (Å²) in [6.07, 6.45) is 0.231. The number of imidazole rings is 1. The minimum atomic E-state index is -1.08. The minimum Gasteiger partial charge on any atom is -0.493 e. The summed E-state index contributed by atoms with van der Waals surface area (Å²) in [5.41, 5.74) is 1.91. The molecule has 0 amide bonds. The Bertz CT molecular complexity index is 1190. The van der Waals surface area contributed by atoms with Gasteiger partial charge in [-0.15, -0.1) is 0 Å². The average Bonchev–Trinajstić information content (AvgIpc) is 3.02. The molecule has 3 aromatic rings. The first kappa shape index (κ1) is 24.1. The van der Waals surface area contributed by atoms with Crippen molar-refractivity contribution in [1.82, 2.24) is 9.13 Å². The first-order valence-electron chi connectivity index (χ1n) is 10.8. The summed E-state index contributed by atoms with van der Waals surface area (Å²) >= 11 is 0. The molecule has 0 spiro atoms. The largest absolute Gasteiger partial charge is 0.493 e. The van der Waals surface area contributed by atoms with Crippen LogP contribution in [0, 0.1) is 0 Å². The van der Waals surface area contributed by atoms with Gasteiger partial charge in [-0.1, -0.05) is 38.1 Å². The van der Waals surface area contributed by atoms with Crippen LogP contribution in [0.5, 0.6) is 11.6 Å². The molecular formula is C25H30N2O6. The summed E-state index contributed by atoms with van der Waals surface area (Å²) in [7, 11) is 0. The zero-order valence-electron chi connectivity index (χ0n) is 19.3. The van der Waals surface area contributed by atoms with Crippen molar-refractivity contribution in [1.29, 1.82) is 0 Å². The number of aliphatic hydroxyl groups excluding tert-OH is 1. The van der Waals surface area contributed by atoms with E-state index in [2.05, 4.69) is 0 Å². The van der Waals surface area contributed by atoms with Crippen LogP contribution >= 0.6 is 0 Å². The molecule has 3 N–H and O–H groups in total. The van der Waals surface area contributed by atoms with Crippen LogP contribution in [-0.4, -0.2) is 43.6 Å². The Labute approximate surface area is 192 Å². The quantitative estimate of drug-likeness (QED) is 0.457. The summed E-state index contributed by atoms with van der Waals surface area (Å²) in [4.78, 5) is 24.1. The first-order valence-corrected chi connectivity index (χ1v) is 10.8. The molecule has 0 aliphatic rings. The lowest BCUT2D eigenvalue weighted by Gasteiger charge is -2.22. The molecule has 2 aromatic carbocycles. The maximum atomic E-state index is 13.3. The van der Waals surface area contributed by atoms with Gasteiger partial charge in [0.2, 0.25) is 5.88 Å². The van der Waals surface area contributed by atoms with Crippen LogP contribution in [0.15, 0.2) is 53.3 Å². The highest BCUT2D eigenvalue weighted by molar-refractivity contribution is 5.68. The van der Waals surface area contributed by atoms with Crippen molar-refractivity contribution in [2.75, 3.05) is 13.2 Å². The molecule has 0 fully saturated rings. The van der Waals surface area contributed by atoms with Crippen LogP contribution in [0.4, 0.5) is 0 Å². The Hall–Kier alpha value is -3.52. The lowest BCUT2D eigenvalue weighted by atomic mass is 9.85. The average molecular weight is 455 g/mol. The van der Waals surface area contributed by atoms with Crippen LogP contribution < -0.4 is 10.4 Å². The summed E-state index contributed by atoms with van der Waals surface area (Å²) in [6, 6.07) is 14.0. The maximum absolute atomic E-state index is 13.3. The van der Waals surface area contributed by atoms with Gasteiger partial charge in [-0.2, -0.15) is 0 Å². The molecule has 0 saturated heterocycles. The molecule has 0 unspecified atom stereocenters. The smallest absolute Gasteiger partial charge is 0.341 e. The van der Waals surface area contributed by atoms with Gasteiger partial charge in [0.15, 0.2) is 6.61 Å². The van der Waals surface area contributed by atoms with E-state index < -0.39 is 18.0 Å². The third kappa shape index (κ3) is 5.12. The Balaban J connectivity index is 2.06. The number of ether oxygens (including phenoxy) is 1.